The number of imidazole rings is 1. The van der Waals surface area contributed by atoms with Crippen LogP contribution in [0.4, 0.5) is 5.82 Å². The van der Waals surface area contributed by atoms with Crippen molar-refractivity contribution in [3.63, 3.8) is 0 Å². The molecule has 3 N–H and O–H groups in total. The smallest absolute Gasteiger partial charge is 0.299 e. The van der Waals surface area contributed by atoms with Crippen molar-refractivity contribution in [2.45, 2.75) is 13.2 Å². The van der Waals surface area contributed by atoms with Gasteiger partial charge in [-0.25, -0.2) is 0 Å². The largest absolute Gasteiger partial charge is 0.460 e. The summed E-state index contributed by atoms with van der Waals surface area (Å²) in [6, 6.07) is 15.0. The molecule has 0 aliphatic heterocycles. The zero-order valence-corrected chi connectivity index (χ0v) is 19.7. The van der Waals surface area contributed by atoms with Gasteiger partial charge in [-0.05, 0) is 35.4 Å². The number of hydrogen-bond donors (Lipinski definition) is 3. The molecule has 1 heterocycles. The van der Waals surface area contributed by atoms with Crippen LogP contribution in [0.5, 0.6) is 6.01 Å². The Labute approximate surface area is 202 Å². The van der Waals surface area contributed by atoms with E-state index in [2.05, 4.69) is 15.6 Å². The summed E-state index contributed by atoms with van der Waals surface area (Å²) >= 11 is 12.1. The molecule has 1 aromatic heterocycles. The van der Waals surface area contributed by atoms with Crippen LogP contribution in [-0.2, 0) is 17.9 Å². The number of anilines is 1. The third-order valence-corrected chi connectivity index (χ3v) is 5.15. The average Bonchev–Trinajstić information content (AvgIpc) is 3.16. The fraction of sp³-hybridized carbons (Fsp3) is 0.304. The Morgan fingerprint density at radius 1 is 1.09 bits per heavy atom. The minimum atomic E-state index is -0.328. The van der Waals surface area contributed by atoms with Crippen molar-refractivity contribution in [1.82, 2.24) is 14.9 Å². The zero-order valence-electron chi connectivity index (χ0n) is 18.2. The number of aromatic nitrogens is 2. The van der Waals surface area contributed by atoms with Gasteiger partial charge in [0.1, 0.15) is 6.61 Å². The molecule has 0 aliphatic rings. The number of rotatable bonds is 12. The quantitative estimate of drug-likeness (QED) is 0.334. The van der Waals surface area contributed by atoms with E-state index in [1.54, 1.807) is 29.8 Å². The van der Waals surface area contributed by atoms with Gasteiger partial charge < -0.3 is 25.2 Å². The molecule has 3 rings (SSSR count). The molecule has 0 spiro atoms. The van der Waals surface area contributed by atoms with Gasteiger partial charge in [-0.1, -0.05) is 47.5 Å². The first-order valence-electron chi connectivity index (χ1n) is 10.4. The van der Waals surface area contributed by atoms with E-state index >= 15 is 0 Å². The second kappa shape index (κ2) is 12.5. The Morgan fingerprint density at radius 2 is 1.88 bits per heavy atom. The molecule has 176 valence electrons. The zero-order chi connectivity index (χ0) is 23.6. The molecule has 0 atom stereocenters. The maximum Gasteiger partial charge on any atom is 0.299 e. The summed E-state index contributed by atoms with van der Waals surface area (Å²) in [6.45, 7) is 1.29. The van der Waals surface area contributed by atoms with Gasteiger partial charge in [-0.3, -0.25) is 9.36 Å². The molecular weight excluding hydrogens is 467 g/mol. The predicted octanol–water partition coefficient (Wildman–Crippen LogP) is 3.60. The van der Waals surface area contributed by atoms with E-state index in [0.717, 1.165) is 11.1 Å². The number of aliphatic hydroxyl groups is 1. The molecule has 2 aromatic carbocycles. The lowest BCUT2D eigenvalue weighted by Gasteiger charge is -2.13. The Balaban J connectivity index is 1.86. The van der Waals surface area contributed by atoms with E-state index in [1.807, 2.05) is 30.3 Å². The Kier molecular flexibility index (Phi) is 9.38. The molecule has 3 aromatic rings. The second-order valence-corrected chi connectivity index (χ2v) is 7.94. The molecule has 10 heteroatoms. The number of amides is 1. The maximum absolute atomic E-state index is 13.0. The highest BCUT2D eigenvalue weighted by molar-refractivity contribution is 6.30. The summed E-state index contributed by atoms with van der Waals surface area (Å²) < 4.78 is 12.9. The minimum absolute atomic E-state index is 0.0704. The normalized spacial score (nSPS) is 10.8. The van der Waals surface area contributed by atoms with Gasteiger partial charge >= 0.3 is 0 Å². The van der Waals surface area contributed by atoms with Crippen molar-refractivity contribution < 1.29 is 19.4 Å². The number of nitrogens with one attached hydrogen (secondary N) is 2. The molecule has 0 saturated heterocycles. The average molecular weight is 493 g/mol. The van der Waals surface area contributed by atoms with Gasteiger partial charge in [0.2, 0.25) is 0 Å². The minimum Gasteiger partial charge on any atom is -0.460 e. The number of aliphatic hydroxyl groups excluding tert-OH is 1. The number of benzene rings is 2. The summed E-state index contributed by atoms with van der Waals surface area (Å²) in [7, 11) is 1.69. The van der Waals surface area contributed by atoms with E-state index in [1.165, 1.54) is 0 Å². The molecule has 33 heavy (non-hydrogen) atoms. The molecule has 0 fully saturated rings. The lowest BCUT2D eigenvalue weighted by atomic mass is 10.2. The summed E-state index contributed by atoms with van der Waals surface area (Å²) in [5.41, 5.74) is 2.13. The van der Waals surface area contributed by atoms with Gasteiger partial charge in [0, 0.05) is 23.6 Å². The van der Waals surface area contributed by atoms with E-state index < -0.39 is 0 Å². The molecule has 0 aliphatic carbocycles. The maximum atomic E-state index is 13.0. The first-order chi connectivity index (χ1) is 16.0. The van der Waals surface area contributed by atoms with Crippen LogP contribution in [0.1, 0.15) is 21.6 Å². The number of carbonyl (C=O) groups excluding carboxylic acids is 1. The third-order valence-electron chi connectivity index (χ3n) is 4.66. The lowest BCUT2D eigenvalue weighted by Crippen LogP contribution is -2.30. The molecule has 0 unspecified atom stereocenters. The van der Waals surface area contributed by atoms with Crippen molar-refractivity contribution in [3.8, 4) is 6.01 Å². The van der Waals surface area contributed by atoms with Crippen molar-refractivity contribution in [2.75, 3.05) is 38.7 Å². The van der Waals surface area contributed by atoms with Gasteiger partial charge in [0.05, 0.1) is 26.4 Å². The van der Waals surface area contributed by atoms with Crippen LogP contribution < -0.4 is 15.4 Å². The monoisotopic (exact) mass is 492 g/mol. The first kappa shape index (κ1) is 24.9. The molecule has 0 radical (unpaired) electrons. The van der Waals surface area contributed by atoms with Crippen molar-refractivity contribution in [3.05, 3.63) is 75.4 Å². The number of nitrogens with zero attached hydrogens (tertiary/aromatic N) is 2. The summed E-state index contributed by atoms with van der Waals surface area (Å²) in [4.78, 5) is 17.5. The number of hydrogen-bond acceptors (Lipinski definition) is 6. The molecule has 0 saturated carbocycles. The SMILES string of the molecule is CNc1nc(OCc2cccc(Cl)c2)n(Cc2ccc(Cl)cc2)c1C(=O)NCCOCCO. The summed E-state index contributed by atoms with van der Waals surface area (Å²) in [5, 5.41) is 15.8. The van der Waals surface area contributed by atoms with E-state index in [9.17, 15) is 4.79 Å². The van der Waals surface area contributed by atoms with E-state index in [0.29, 0.717) is 28.1 Å². The van der Waals surface area contributed by atoms with Gasteiger partial charge in [0.15, 0.2) is 11.5 Å². The molecular formula is C23H26Cl2N4O4. The van der Waals surface area contributed by atoms with E-state index in [-0.39, 0.29) is 44.9 Å². The molecule has 8 nitrogen and oxygen atoms in total. The highest BCUT2D eigenvalue weighted by atomic mass is 35.5. The Morgan fingerprint density at radius 3 is 2.58 bits per heavy atom. The fourth-order valence-electron chi connectivity index (χ4n) is 3.13. The van der Waals surface area contributed by atoms with Crippen LogP contribution in [-0.4, -0.2) is 54.0 Å². The topological polar surface area (TPSA) is 97.6 Å². The Hall–Kier alpha value is -2.78. The number of halogens is 2. The van der Waals surface area contributed by atoms with Crippen LogP contribution in [0.25, 0.3) is 0 Å². The second-order valence-electron chi connectivity index (χ2n) is 7.06. The third kappa shape index (κ3) is 7.10. The number of carbonyl (C=O) groups is 1. The molecule has 1 amide bonds. The highest BCUT2D eigenvalue weighted by Crippen LogP contribution is 2.25. The Bertz CT molecular complexity index is 1060. The van der Waals surface area contributed by atoms with Crippen LogP contribution in [0.15, 0.2) is 48.5 Å². The highest BCUT2D eigenvalue weighted by Gasteiger charge is 2.24. The van der Waals surface area contributed by atoms with Gasteiger partial charge in [-0.2, -0.15) is 4.98 Å². The standard InChI is InChI=1S/C23H26Cl2N4O4/c1-26-21-20(22(31)27-9-11-32-12-10-30)29(14-16-5-7-18(24)8-6-16)23(28-21)33-15-17-3-2-4-19(25)13-17/h2-8,13,26,30H,9-12,14-15H2,1H3,(H,27,31). The fourth-order valence-corrected chi connectivity index (χ4v) is 3.47. The van der Waals surface area contributed by atoms with Crippen molar-refractivity contribution >= 4 is 34.9 Å². The lowest BCUT2D eigenvalue weighted by molar-refractivity contribution is 0.0832. The van der Waals surface area contributed by atoms with Crippen LogP contribution in [0, 0.1) is 0 Å². The molecule has 0 bridgehead atoms. The van der Waals surface area contributed by atoms with Crippen LogP contribution in [0.2, 0.25) is 10.0 Å². The predicted molar refractivity (Wildman–Crippen MR) is 128 cm³/mol. The van der Waals surface area contributed by atoms with E-state index in [4.69, 9.17) is 37.8 Å². The van der Waals surface area contributed by atoms with Crippen LogP contribution >= 0.6 is 23.2 Å². The first-order valence-corrected chi connectivity index (χ1v) is 11.1. The van der Waals surface area contributed by atoms with Gasteiger partial charge in [0.25, 0.3) is 11.9 Å². The van der Waals surface area contributed by atoms with Crippen molar-refractivity contribution in [2.24, 2.45) is 0 Å². The number of ether oxygens (including phenoxy) is 2. The van der Waals surface area contributed by atoms with Crippen LogP contribution in [0.3, 0.4) is 0 Å². The summed E-state index contributed by atoms with van der Waals surface area (Å²) in [5.74, 6) is 0.0600. The summed E-state index contributed by atoms with van der Waals surface area (Å²) in [6.07, 6.45) is 0. The van der Waals surface area contributed by atoms with Crippen molar-refractivity contribution in [1.29, 1.82) is 0 Å². The van der Waals surface area contributed by atoms with Gasteiger partial charge in [-0.15, -0.1) is 0 Å².